The third-order valence-electron chi connectivity index (χ3n) is 2.42. The van der Waals surface area contributed by atoms with Crippen molar-refractivity contribution < 1.29 is 4.39 Å². The lowest BCUT2D eigenvalue weighted by Crippen LogP contribution is -2.02. The summed E-state index contributed by atoms with van der Waals surface area (Å²) in [7, 11) is 0. The molecule has 2 aromatic rings. The topological polar surface area (TPSA) is 64.1 Å². The van der Waals surface area contributed by atoms with Gasteiger partial charge >= 0.3 is 0 Å². The number of halogens is 1. The maximum Gasteiger partial charge on any atom is 0.146 e. The van der Waals surface area contributed by atoms with Crippen LogP contribution in [-0.4, -0.2) is 0 Å². The Bertz CT molecular complexity index is 526. The molecule has 0 saturated carbocycles. The molecule has 3 nitrogen and oxygen atoms in total. The Morgan fingerprint density at radius 1 is 1.00 bits per heavy atom. The van der Waals surface area contributed by atoms with E-state index in [1.807, 2.05) is 24.3 Å². The molecule has 0 amide bonds. The first-order valence-corrected chi connectivity index (χ1v) is 5.28. The van der Waals surface area contributed by atoms with Gasteiger partial charge in [0.05, 0.1) is 5.69 Å². The summed E-state index contributed by atoms with van der Waals surface area (Å²) in [6.07, 6.45) is 0. The quantitative estimate of drug-likeness (QED) is 0.711. The van der Waals surface area contributed by atoms with Crippen LogP contribution in [0.4, 0.5) is 21.5 Å². The summed E-state index contributed by atoms with van der Waals surface area (Å²) in [5, 5.41) is 2.99. The Balaban J connectivity index is 2.09. The lowest BCUT2D eigenvalue weighted by Gasteiger charge is -2.08. The molecule has 88 valence electrons. The molecule has 4 heteroatoms. The first kappa shape index (κ1) is 11.3. The van der Waals surface area contributed by atoms with Gasteiger partial charge in [-0.05, 0) is 35.9 Å². The van der Waals surface area contributed by atoms with E-state index in [0.29, 0.717) is 23.6 Å². The van der Waals surface area contributed by atoms with Crippen molar-refractivity contribution >= 4 is 17.1 Å². The number of hydrogen-bond acceptors (Lipinski definition) is 3. The minimum Gasteiger partial charge on any atom is -0.399 e. The highest BCUT2D eigenvalue weighted by molar-refractivity contribution is 5.55. The van der Waals surface area contributed by atoms with Gasteiger partial charge in [-0.3, -0.25) is 0 Å². The normalized spacial score (nSPS) is 10.2. The van der Waals surface area contributed by atoms with Crippen LogP contribution in [0.2, 0.25) is 0 Å². The van der Waals surface area contributed by atoms with Crippen LogP contribution >= 0.6 is 0 Å². The average molecular weight is 231 g/mol. The van der Waals surface area contributed by atoms with Gasteiger partial charge in [-0.1, -0.05) is 12.1 Å². The van der Waals surface area contributed by atoms with Gasteiger partial charge in [-0.2, -0.15) is 0 Å². The molecule has 0 unspecified atom stereocenters. The molecule has 0 saturated heterocycles. The molecule has 0 aromatic heterocycles. The number of nitrogen functional groups attached to an aromatic ring is 2. The molecule has 0 radical (unpaired) electrons. The molecular weight excluding hydrogens is 217 g/mol. The Kier molecular flexibility index (Phi) is 3.14. The minimum absolute atomic E-state index is 0.317. The molecule has 2 rings (SSSR count). The molecule has 0 aliphatic rings. The van der Waals surface area contributed by atoms with Crippen LogP contribution in [0.5, 0.6) is 0 Å². The van der Waals surface area contributed by atoms with Crippen molar-refractivity contribution in [3.05, 3.63) is 53.8 Å². The van der Waals surface area contributed by atoms with Gasteiger partial charge in [0.25, 0.3) is 0 Å². The maximum absolute atomic E-state index is 13.4. The fourth-order valence-corrected chi connectivity index (χ4v) is 1.58. The number of anilines is 3. The van der Waals surface area contributed by atoms with Crippen molar-refractivity contribution in [3.63, 3.8) is 0 Å². The smallest absolute Gasteiger partial charge is 0.146 e. The standard InChI is InChI=1S/C13H14FN3/c14-12-5-4-11(16)7-13(12)17-8-9-2-1-3-10(15)6-9/h1-7,17H,8,15-16H2. The molecule has 2 aromatic carbocycles. The number of rotatable bonds is 3. The summed E-state index contributed by atoms with van der Waals surface area (Å²) in [5.74, 6) is -0.317. The average Bonchev–Trinajstić information content (AvgIpc) is 2.30. The van der Waals surface area contributed by atoms with Crippen LogP contribution in [0.25, 0.3) is 0 Å². The van der Waals surface area contributed by atoms with Crippen LogP contribution in [0.3, 0.4) is 0 Å². The van der Waals surface area contributed by atoms with Crippen LogP contribution in [0.1, 0.15) is 5.56 Å². The van der Waals surface area contributed by atoms with Crippen molar-refractivity contribution in [1.82, 2.24) is 0 Å². The first-order chi connectivity index (χ1) is 8.15. The van der Waals surface area contributed by atoms with E-state index in [1.54, 1.807) is 6.07 Å². The zero-order chi connectivity index (χ0) is 12.3. The van der Waals surface area contributed by atoms with E-state index >= 15 is 0 Å². The Morgan fingerprint density at radius 3 is 2.53 bits per heavy atom. The van der Waals surface area contributed by atoms with Crippen LogP contribution in [-0.2, 0) is 6.54 Å². The van der Waals surface area contributed by atoms with Gasteiger partial charge in [0.2, 0.25) is 0 Å². The van der Waals surface area contributed by atoms with Gasteiger partial charge in [-0.25, -0.2) is 4.39 Å². The summed E-state index contributed by atoms with van der Waals surface area (Å²) < 4.78 is 13.4. The van der Waals surface area contributed by atoms with E-state index in [9.17, 15) is 4.39 Å². The summed E-state index contributed by atoms with van der Waals surface area (Å²) in [6.45, 7) is 0.505. The fraction of sp³-hybridized carbons (Fsp3) is 0.0769. The lowest BCUT2D eigenvalue weighted by molar-refractivity contribution is 0.630. The highest BCUT2D eigenvalue weighted by Gasteiger charge is 2.02. The monoisotopic (exact) mass is 231 g/mol. The molecule has 0 atom stereocenters. The molecular formula is C13H14FN3. The van der Waals surface area contributed by atoms with E-state index in [2.05, 4.69) is 5.32 Å². The molecule has 5 N–H and O–H groups in total. The van der Waals surface area contributed by atoms with E-state index < -0.39 is 0 Å². The van der Waals surface area contributed by atoms with Crippen molar-refractivity contribution in [1.29, 1.82) is 0 Å². The van der Waals surface area contributed by atoms with Crippen molar-refractivity contribution in [2.24, 2.45) is 0 Å². The fourth-order valence-electron chi connectivity index (χ4n) is 1.58. The van der Waals surface area contributed by atoms with Crippen LogP contribution in [0.15, 0.2) is 42.5 Å². The van der Waals surface area contributed by atoms with Crippen molar-refractivity contribution in [3.8, 4) is 0 Å². The molecule has 17 heavy (non-hydrogen) atoms. The lowest BCUT2D eigenvalue weighted by atomic mass is 10.2. The van der Waals surface area contributed by atoms with Gasteiger partial charge < -0.3 is 16.8 Å². The predicted octanol–water partition coefficient (Wildman–Crippen LogP) is 2.60. The number of nitrogens with one attached hydrogen (secondary N) is 1. The SMILES string of the molecule is Nc1cccc(CNc2cc(N)ccc2F)c1. The van der Waals surface area contributed by atoms with E-state index in [-0.39, 0.29) is 5.82 Å². The maximum atomic E-state index is 13.4. The summed E-state index contributed by atoms with van der Waals surface area (Å²) in [6, 6.07) is 11.9. The molecule has 0 spiro atoms. The van der Waals surface area contributed by atoms with E-state index in [1.165, 1.54) is 12.1 Å². The van der Waals surface area contributed by atoms with E-state index in [4.69, 9.17) is 11.5 Å². The first-order valence-electron chi connectivity index (χ1n) is 5.28. The minimum atomic E-state index is -0.317. The Morgan fingerprint density at radius 2 is 1.76 bits per heavy atom. The second-order valence-electron chi connectivity index (χ2n) is 3.84. The number of nitrogens with two attached hydrogens (primary N) is 2. The second kappa shape index (κ2) is 4.74. The third-order valence-corrected chi connectivity index (χ3v) is 2.42. The molecule has 0 aliphatic carbocycles. The van der Waals surface area contributed by atoms with Crippen LogP contribution in [0, 0.1) is 5.82 Å². The largest absolute Gasteiger partial charge is 0.399 e. The van der Waals surface area contributed by atoms with Gasteiger partial charge in [-0.15, -0.1) is 0 Å². The third kappa shape index (κ3) is 2.87. The summed E-state index contributed by atoms with van der Waals surface area (Å²) >= 11 is 0. The molecule has 0 fully saturated rings. The molecule has 0 aliphatic heterocycles. The summed E-state index contributed by atoms with van der Waals surface area (Å²) in [5.41, 5.74) is 13.9. The zero-order valence-electron chi connectivity index (χ0n) is 9.28. The van der Waals surface area contributed by atoms with Crippen molar-refractivity contribution in [2.75, 3.05) is 16.8 Å². The van der Waals surface area contributed by atoms with Gasteiger partial charge in [0.1, 0.15) is 5.82 Å². The second-order valence-corrected chi connectivity index (χ2v) is 3.84. The number of hydrogen-bond donors (Lipinski definition) is 3. The highest BCUT2D eigenvalue weighted by atomic mass is 19.1. The summed E-state index contributed by atoms with van der Waals surface area (Å²) in [4.78, 5) is 0. The van der Waals surface area contributed by atoms with Gasteiger partial charge in [0.15, 0.2) is 0 Å². The van der Waals surface area contributed by atoms with Gasteiger partial charge in [0, 0.05) is 17.9 Å². The number of benzene rings is 2. The molecule has 0 bridgehead atoms. The van der Waals surface area contributed by atoms with Crippen LogP contribution < -0.4 is 16.8 Å². The zero-order valence-corrected chi connectivity index (χ0v) is 9.28. The predicted molar refractivity (Wildman–Crippen MR) is 69.0 cm³/mol. The van der Waals surface area contributed by atoms with Crippen molar-refractivity contribution in [2.45, 2.75) is 6.54 Å². The Hall–Kier alpha value is -2.23. The highest BCUT2D eigenvalue weighted by Crippen LogP contribution is 2.18. The Labute approximate surface area is 99.2 Å². The molecule has 0 heterocycles. The van der Waals surface area contributed by atoms with E-state index in [0.717, 1.165) is 5.56 Å².